The minimum atomic E-state index is -0.894. The molecule has 0 radical (unpaired) electrons. The van der Waals surface area contributed by atoms with Gasteiger partial charge >= 0.3 is 5.97 Å². The van der Waals surface area contributed by atoms with Crippen molar-refractivity contribution in [3.05, 3.63) is 23.7 Å². The number of furan rings is 1. The van der Waals surface area contributed by atoms with E-state index in [2.05, 4.69) is 24.0 Å². The van der Waals surface area contributed by atoms with Gasteiger partial charge in [-0.15, -0.1) is 0 Å². The lowest BCUT2D eigenvalue weighted by Crippen LogP contribution is -2.37. The number of carbonyl (C=O) groups is 1. The number of likely N-dealkylation sites (tertiary alicyclic amines) is 1. The molecule has 0 amide bonds. The molecule has 2 fully saturated rings. The molecule has 2 heterocycles. The van der Waals surface area contributed by atoms with Crippen LogP contribution in [0.3, 0.4) is 0 Å². The second-order valence-corrected chi connectivity index (χ2v) is 6.30. The van der Waals surface area contributed by atoms with E-state index in [9.17, 15) is 4.79 Å². The van der Waals surface area contributed by atoms with Crippen molar-refractivity contribution in [1.29, 1.82) is 0 Å². The Morgan fingerprint density at radius 1 is 1.43 bits per heavy atom. The van der Waals surface area contributed by atoms with Gasteiger partial charge in [-0.2, -0.15) is 0 Å². The second kappa shape index (κ2) is 6.20. The molecule has 1 saturated heterocycles. The first-order valence-electron chi connectivity index (χ1n) is 7.76. The molecule has 2 atom stereocenters. The number of piperidine rings is 1. The number of aliphatic carboxylic acids is 1. The van der Waals surface area contributed by atoms with Gasteiger partial charge in [-0.05, 0) is 37.3 Å². The van der Waals surface area contributed by atoms with E-state index in [-0.39, 0.29) is 12.7 Å². The van der Waals surface area contributed by atoms with E-state index in [0.29, 0.717) is 5.92 Å². The van der Waals surface area contributed by atoms with E-state index >= 15 is 0 Å². The lowest BCUT2D eigenvalue weighted by molar-refractivity contribution is -0.145. The molecule has 0 aromatic carbocycles. The summed E-state index contributed by atoms with van der Waals surface area (Å²) < 4.78 is 11.3. The number of hydrogen-bond donors (Lipinski definition) is 1. The summed E-state index contributed by atoms with van der Waals surface area (Å²) in [5.41, 5.74) is 0. The van der Waals surface area contributed by atoms with Gasteiger partial charge in [0.2, 0.25) is 0 Å². The monoisotopic (exact) mass is 293 g/mol. The fraction of sp³-hybridized carbons (Fsp3) is 0.688. The predicted molar refractivity (Wildman–Crippen MR) is 77.1 cm³/mol. The van der Waals surface area contributed by atoms with Crippen molar-refractivity contribution in [2.45, 2.75) is 44.8 Å². The zero-order valence-electron chi connectivity index (χ0n) is 12.5. The average Bonchev–Trinajstić information content (AvgIpc) is 3.01. The minimum absolute atomic E-state index is 0.0804. The van der Waals surface area contributed by atoms with Crippen LogP contribution in [-0.2, 0) is 16.1 Å². The van der Waals surface area contributed by atoms with Crippen molar-refractivity contribution in [3.63, 3.8) is 0 Å². The van der Waals surface area contributed by atoms with E-state index in [0.717, 1.165) is 49.9 Å². The molecule has 1 aliphatic heterocycles. The molecular formula is C16H23NO4. The van der Waals surface area contributed by atoms with Gasteiger partial charge in [-0.1, -0.05) is 6.92 Å². The van der Waals surface area contributed by atoms with Crippen molar-refractivity contribution < 1.29 is 19.1 Å². The van der Waals surface area contributed by atoms with Crippen LogP contribution in [0.15, 0.2) is 16.5 Å². The fourth-order valence-electron chi connectivity index (χ4n) is 3.04. The third kappa shape index (κ3) is 3.86. The maximum Gasteiger partial charge on any atom is 0.329 e. The van der Waals surface area contributed by atoms with E-state index in [1.54, 1.807) is 0 Å². The lowest BCUT2D eigenvalue weighted by Gasteiger charge is -2.30. The largest absolute Gasteiger partial charge is 0.480 e. The van der Waals surface area contributed by atoms with Crippen LogP contribution in [0, 0.1) is 5.92 Å². The Kier molecular flexibility index (Phi) is 4.31. The number of carboxylic acid groups (broad SMARTS) is 1. The smallest absolute Gasteiger partial charge is 0.329 e. The molecule has 0 bridgehead atoms. The third-order valence-corrected chi connectivity index (χ3v) is 4.51. The minimum Gasteiger partial charge on any atom is -0.480 e. The summed E-state index contributed by atoms with van der Waals surface area (Å²) in [6, 6.07) is 4.21. The fourth-order valence-corrected chi connectivity index (χ4v) is 3.04. The van der Waals surface area contributed by atoms with Crippen molar-refractivity contribution in [1.82, 2.24) is 4.90 Å². The van der Waals surface area contributed by atoms with Crippen LogP contribution in [0.4, 0.5) is 0 Å². The quantitative estimate of drug-likeness (QED) is 0.873. The predicted octanol–water partition coefficient (Wildman–Crippen LogP) is 2.47. The highest BCUT2D eigenvalue weighted by atomic mass is 16.5. The lowest BCUT2D eigenvalue weighted by atomic mass is 10.1. The van der Waals surface area contributed by atoms with Gasteiger partial charge in [0.05, 0.1) is 12.6 Å². The summed E-state index contributed by atoms with van der Waals surface area (Å²) in [5.74, 6) is 2.68. The standard InChI is InChI=1S/C16H23NO4/c1-11-8-14(11)15-3-2-13(21-15)9-17-6-4-12(5-7-17)20-10-16(18)19/h2-3,11-12,14H,4-10H2,1H3,(H,18,19). The molecular weight excluding hydrogens is 270 g/mol. The van der Waals surface area contributed by atoms with E-state index < -0.39 is 5.97 Å². The zero-order chi connectivity index (χ0) is 14.8. The summed E-state index contributed by atoms with van der Waals surface area (Å²) in [7, 11) is 0. The first-order valence-corrected chi connectivity index (χ1v) is 7.76. The Morgan fingerprint density at radius 3 is 2.76 bits per heavy atom. The van der Waals surface area contributed by atoms with Gasteiger partial charge in [0.15, 0.2) is 0 Å². The van der Waals surface area contributed by atoms with Crippen LogP contribution < -0.4 is 0 Å². The molecule has 1 aliphatic carbocycles. The first-order chi connectivity index (χ1) is 10.1. The second-order valence-electron chi connectivity index (χ2n) is 6.30. The van der Waals surface area contributed by atoms with Gasteiger partial charge < -0.3 is 14.3 Å². The number of carboxylic acids is 1. The Labute approximate surface area is 124 Å². The number of nitrogens with zero attached hydrogens (tertiary/aromatic N) is 1. The van der Waals surface area contributed by atoms with Crippen molar-refractivity contribution in [2.24, 2.45) is 5.92 Å². The van der Waals surface area contributed by atoms with E-state index in [1.165, 1.54) is 6.42 Å². The van der Waals surface area contributed by atoms with Crippen LogP contribution in [-0.4, -0.2) is 41.8 Å². The first kappa shape index (κ1) is 14.6. The number of ether oxygens (including phenoxy) is 1. The summed E-state index contributed by atoms with van der Waals surface area (Å²) in [5, 5.41) is 8.61. The Balaban J connectivity index is 1.42. The van der Waals surface area contributed by atoms with E-state index in [1.807, 2.05) is 0 Å². The van der Waals surface area contributed by atoms with Crippen LogP contribution in [0.5, 0.6) is 0 Å². The molecule has 0 spiro atoms. The van der Waals surface area contributed by atoms with E-state index in [4.69, 9.17) is 14.3 Å². The van der Waals surface area contributed by atoms with Crippen LogP contribution >= 0.6 is 0 Å². The molecule has 2 unspecified atom stereocenters. The SMILES string of the molecule is CC1CC1c1ccc(CN2CCC(OCC(=O)O)CC2)o1. The van der Waals surface area contributed by atoms with Crippen molar-refractivity contribution in [2.75, 3.05) is 19.7 Å². The summed E-state index contributed by atoms with van der Waals surface area (Å²) in [4.78, 5) is 12.8. The molecule has 5 nitrogen and oxygen atoms in total. The number of rotatable bonds is 6. The summed E-state index contributed by atoms with van der Waals surface area (Å²) >= 11 is 0. The van der Waals surface area contributed by atoms with Crippen LogP contribution in [0.2, 0.25) is 0 Å². The summed E-state index contributed by atoms with van der Waals surface area (Å²) in [6.07, 6.45) is 3.11. The maximum absolute atomic E-state index is 10.5. The maximum atomic E-state index is 10.5. The Morgan fingerprint density at radius 2 is 2.14 bits per heavy atom. The van der Waals surface area contributed by atoms with Crippen LogP contribution in [0.1, 0.15) is 43.6 Å². The average molecular weight is 293 g/mol. The zero-order valence-corrected chi connectivity index (χ0v) is 12.5. The normalized spacial score (nSPS) is 26.9. The highest BCUT2D eigenvalue weighted by molar-refractivity contribution is 5.68. The topological polar surface area (TPSA) is 62.9 Å². The highest BCUT2D eigenvalue weighted by Gasteiger charge is 2.36. The third-order valence-electron chi connectivity index (χ3n) is 4.51. The molecule has 1 aromatic rings. The highest BCUT2D eigenvalue weighted by Crippen LogP contribution is 2.47. The molecule has 21 heavy (non-hydrogen) atoms. The van der Waals surface area contributed by atoms with Crippen molar-refractivity contribution >= 4 is 5.97 Å². The van der Waals surface area contributed by atoms with Gasteiger partial charge in [-0.3, -0.25) is 4.90 Å². The van der Waals surface area contributed by atoms with Crippen molar-refractivity contribution in [3.8, 4) is 0 Å². The molecule has 116 valence electrons. The summed E-state index contributed by atoms with van der Waals surface area (Å²) in [6.45, 7) is 4.77. The Hall–Kier alpha value is -1.33. The number of hydrogen-bond acceptors (Lipinski definition) is 4. The van der Waals surface area contributed by atoms with Gasteiger partial charge in [-0.25, -0.2) is 4.79 Å². The molecule has 2 aliphatic rings. The molecule has 1 aromatic heterocycles. The molecule has 1 N–H and O–H groups in total. The van der Waals surface area contributed by atoms with Crippen LogP contribution in [0.25, 0.3) is 0 Å². The molecule has 1 saturated carbocycles. The molecule has 5 heteroatoms. The molecule has 3 rings (SSSR count). The van der Waals surface area contributed by atoms with Gasteiger partial charge in [0.25, 0.3) is 0 Å². The van der Waals surface area contributed by atoms with Gasteiger partial charge in [0, 0.05) is 19.0 Å². The Bertz CT molecular complexity index is 490. The van der Waals surface area contributed by atoms with Gasteiger partial charge in [0.1, 0.15) is 18.1 Å².